The van der Waals surface area contributed by atoms with Crippen molar-refractivity contribution in [2.24, 2.45) is 0 Å². The minimum absolute atomic E-state index is 0.0222. The van der Waals surface area contributed by atoms with Crippen LogP contribution in [0, 0.1) is 27.7 Å². The van der Waals surface area contributed by atoms with Gasteiger partial charge in [-0.05, 0) is 73.8 Å². The molecule has 0 amide bonds. The first kappa shape index (κ1) is 23.5. The third-order valence-corrected chi connectivity index (χ3v) is 8.77. The number of rotatable bonds is 5. The maximum absolute atomic E-state index is 14.0. The summed E-state index contributed by atoms with van der Waals surface area (Å²) in [5.41, 5.74) is 5.38. The van der Waals surface area contributed by atoms with Gasteiger partial charge in [0.25, 0.3) is 0 Å². The smallest absolute Gasteiger partial charge is 0.243 e. The number of ketones is 1. The van der Waals surface area contributed by atoms with Gasteiger partial charge in [0.1, 0.15) is 5.16 Å². The summed E-state index contributed by atoms with van der Waals surface area (Å²) in [6.07, 6.45) is 2.67. The SMILES string of the molecule is Cc1cccc(C)c1C(=O)[P](=O)C1(C(=O)c2c(C)cc(C(C)(C)C)cc2C)CCCC1. The second-order valence-electron chi connectivity index (χ2n) is 10.2. The second kappa shape index (κ2) is 8.43. The summed E-state index contributed by atoms with van der Waals surface area (Å²) in [4.78, 5) is 27.4. The summed E-state index contributed by atoms with van der Waals surface area (Å²) in [7, 11) is -2.39. The quantitative estimate of drug-likeness (QED) is 0.362. The van der Waals surface area contributed by atoms with Crippen molar-refractivity contribution in [1.82, 2.24) is 0 Å². The van der Waals surface area contributed by atoms with E-state index in [0.717, 1.165) is 35.1 Å². The molecule has 2 aromatic carbocycles. The van der Waals surface area contributed by atoms with E-state index in [-0.39, 0.29) is 16.7 Å². The Labute approximate surface area is 187 Å². The van der Waals surface area contributed by atoms with Crippen LogP contribution in [0.25, 0.3) is 0 Å². The van der Waals surface area contributed by atoms with Crippen molar-refractivity contribution in [2.75, 3.05) is 0 Å². The van der Waals surface area contributed by atoms with Crippen molar-refractivity contribution in [3.05, 3.63) is 69.3 Å². The monoisotopic (exact) mass is 437 g/mol. The second-order valence-corrected chi connectivity index (χ2v) is 12.0. The Morgan fingerprint density at radius 3 is 1.77 bits per heavy atom. The van der Waals surface area contributed by atoms with E-state index < -0.39 is 13.0 Å². The molecule has 1 aliphatic carbocycles. The molecule has 0 bridgehead atoms. The Balaban J connectivity index is 2.09. The number of benzene rings is 2. The normalized spacial score (nSPS) is 16.3. The number of carbonyl (C=O) groups excluding carboxylic acids is 2. The zero-order chi connectivity index (χ0) is 23.1. The lowest BCUT2D eigenvalue weighted by Gasteiger charge is -2.29. The van der Waals surface area contributed by atoms with Crippen LogP contribution in [0.1, 0.15) is 95.0 Å². The molecule has 31 heavy (non-hydrogen) atoms. The third-order valence-electron chi connectivity index (χ3n) is 6.75. The van der Waals surface area contributed by atoms with Gasteiger partial charge in [0.2, 0.25) is 5.52 Å². The maximum atomic E-state index is 14.0. The van der Waals surface area contributed by atoms with Gasteiger partial charge in [-0.2, -0.15) is 0 Å². The molecular formula is C27H34O3P. The number of Topliss-reactive ketones (excluding diaryl/α,β-unsaturated/α-hetero) is 1. The van der Waals surface area contributed by atoms with Crippen LogP contribution in [-0.4, -0.2) is 16.5 Å². The molecule has 2 aromatic rings. The van der Waals surface area contributed by atoms with Gasteiger partial charge in [0, 0.05) is 11.1 Å². The Kier molecular flexibility index (Phi) is 6.40. The van der Waals surface area contributed by atoms with Gasteiger partial charge in [-0.3, -0.25) is 14.2 Å². The predicted octanol–water partition coefficient (Wildman–Crippen LogP) is 7.38. The fourth-order valence-corrected chi connectivity index (χ4v) is 6.88. The molecule has 1 atom stereocenters. The molecule has 0 aromatic heterocycles. The van der Waals surface area contributed by atoms with Gasteiger partial charge in [0.15, 0.2) is 13.6 Å². The Morgan fingerprint density at radius 1 is 0.839 bits per heavy atom. The van der Waals surface area contributed by atoms with Crippen molar-refractivity contribution in [3.8, 4) is 0 Å². The van der Waals surface area contributed by atoms with Crippen molar-refractivity contribution in [3.63, 3.8) is 0 Å². The van der Waals surface area contributed by atoms with Crippen LogP contribution in [0.5, 0.6) is 0 Å². The molecule has 0 saturated heterocycles. The van der Waals surface area contributed by atoms with Gasteiger partial charge < -0.3 is 0 Å². The first-order valence-electron chi connectivity index (χ1n) is 11.1. The van der Waals surface area contributed by atoms with Crippen LogP contribution in [0.15, 0.2) is 30.3 Å². The lowest BCUT2D eigenvalue weighted by atomic mass is 9.81. The average molecular weight is 438 g/mol. The Bertz CT molecular complexity index is 1020. The molecule has 0 aliphatic heterocycles. The highest BCUT2D eigenvalue weighted by molar-refractivity contribution is 7.67. The first-order chi connectivity index (χ1) is 14.4. The lowest BCUT2D eigenvalue weighted by Crippen LogP contribution is -2.35. The molecule has 4 heteroatoms. The van der Waals surface area contributed by atoms with Gasteiger partial charge in [-0.1, -0.05) is 63.9 Å². The lowest BCUT2D eigenvalue weighted by molar-refractivity contribution is 0.0929. The fraction of sp³-hybridized carbons (Fsp3) is 0.481. The van der Waals surface area contributed by atoms with Crippen LogP contribution < -0.4 is 0 Å². The molecule has 0 N–H and O–H groups in total. The summed E-state index contributed by atoms with van der Waals surface area (Å²) in [6.45, 7) is 14.1. The summed E-state index contributed by atoms with van der Waals surface area (Å²) in [5, 5.41) is -1.10. The Hall–Kier alpha value is -2.12. The number of hydrogen-bond acceptors (Lipinski definition) is 3. The fourth-order valence-electron chi connectivity index (χ4n) is 4.92. The molecule has 3 nitrogen and oxygen atoms in total. The van der Waals surface area contributed by atoms with E-state index in [1.54, 1.807) is 0 Å². The highest BCUT2D eigenvalue weighted by Gasteiger charge is 2.51. The standard InChI is InChI=1S/C27H34O3P/c1-17-11-10-12-18(2)23(17)25(29)31(30)27(13-8-9-14-27)24(28)22-19(3)15-21(16-20(22)4)26(5,6)7/h10-12,15-16H,8-9,13-14H2,1-7H3. The highest BCUT2D eigenvalue weighted by atomic mass is 31.1. The van der Waals surface area contributed by atoms with E-state index in [9.17, 15) is 14.2 Å². The summed E-state index contributed by atoms with van der Waals surface area (Å²) >= 11 is 0. The van der Waals surface area contributed by atoms with Gasteiger partial charge >= 0.3 is 0 Å². The number of aryl methyl sites for hydroxylation is 4. The van der Waals surface area contributed by atoms with E-state index in [1.165, 1.54) is 5.56 Å². The average Bonchev–Trinajstić information content (AvgIpc) is 3.16. The molecule has 1 saturated carbocycles. The van der Waals surface area contributed by atoms with Crippen LogP contribution >= 0.6 is 7.80 Å². The van der Waals surface area contributed by atoms with Crippen LogP contribution in [0.2, 0.25) is 0 Å². The van der Waals surface area contributed by atoms with E-state index in [4.69, 9.17) is 0 Å². The van der Waals surface area contributed by atoms with Crippen LogP contribution in [0.3, 0.4) is 0 Å². The molecular weight excluding hydrogens is 403 g/mol. The predicted molar refractivity (Wildman–Crippen MR) is 128 cm³/mol. The molecule has 0 heterocycles. The van der Waals surface area contributed by atoms with Crippen LogP contribution in [0.4, 0.5) is 0 Å². The molecule has 3 rings (SSSR count). The summed E-state index contributed by atoms with van der Waals surface area (Å²) in [5.74, 6) is -0.110. The largest absolute Gasteiger partial charge is 0.293 e. The molecule has 1 radical (unpaired) electrons. The number of carbonyl (C=O) groups is 2. The topological polar surface area (TPSA) is 51.2 Å². The zero-order valence-corrected chi connectivity index (χ0v) is 20.8. The van der Waals surface area contributed by atoms with E-state index in [0.29, 0.717) is 24.0 Å². The third kappa shape index (κ3) is 4.17. The van der Waals surface area contributed by atoms with Gasteiger partial charge in [0.05, 0.1) is 0 Å². The molecule has 1 aliphatic rings. The molecule has 1 unspecified atom stereocenters. The van der Waals surface area contributed by atoms with Gasteiger partial charge in [-0.25, -0.2) is 0 Å². The highest BCUT2D eigenvalue weighted by Crippen LogP contribution is 2.54. The van der Waals surface area contributed by atoms with Crippen molar-refractivity contribution in [1.29, 1.82) is 0 Å². The number of hydrogen-bond donors (Lipinski definition) is 0. The minimum atomic E-state index is -2.39. The minimum Gasteiger partial charge on any atom is -0.293 e. The molecule has 165 valence electrons. The van der Waals surface area contributed by atoms with Crippen molar-refractivity contribution >= 4 is 19.1 Å². The zero-order valence-electron chi connectivity index (χ0n) is 19.9. The van der Waals surface area contributed by atoms with E-state index >= 15 is 0 Å². The van der Waals surface area contributed by atoms with E-state index in [1.807, 2.05) is 45.9 Å². The summed E-state index contributed by atoms with van der Waals surface area (Å²) < 4.78 is 13.8. The first-order valence-corrected chi connectivity index (χ1v) is 12.4. The van der Waals surface area contributed by atoms with Crippen molar-refractivity contribution < 1.29 is 14.2 Å². The maximum Gasteiger partial charge on any atom is 0.243 e. The van der Waals surface area contributed by atoms with Gasteiger partial charge in [-0.15, -0.1) is 0 Å². The van der Waals surface area contributed by atoms with Crippen LogP contribution in [-0.2, 0) is 9.98 Å². The van der Waals surface area contributed by atoms with E-state index in [2.05, 4.69) is 32.9 Å². The van der Waals surface area contributed by atoms with Crippen molar-refractivity contribution in [2.45, 2.75) is 84.7 Å². The molecule has 0 spiro atoms. The summed E-state index contributed by atoms with van der Waals surface area (Å²) in [6, 6.07) is 9.78. The Morgan fingerprint density at radius 2 is 1.32 bits per heavy atom. The molecule has 1 fully saturated rings.